The molecule has 0 aliphatic heterocycles. The maximum absolute atomic E-state index is 11.4. The Morgan fingerprint density at radius 1 is 1.20 bits per heavy atom. The molecule has 3 heteroatoms. The van der Waals surface area contributed by atoms with Gasteiger partial charge < -0.3 is 10.2 Å². The van der Waals surface area contributed by atoms with Crippen LogP contribution in [0.1, 0.15) is 31.7 Å². The van der Waals surface area contributed by atoms with E-state index in [2.05, 4.69) is 0 Å². The number of Topliss-reactive ketones (excluding diaryl/α,β-unsaturated/α-hetero) is 1. The topological polar surface area (TPSA) is 57.5 Å². The molecule has 0 saturated heterocycles. The summed E-state index contributed by atoms with van der Waals surface area (Å²) in [6.07, 6.45) is 2.73. The molecule has 1 aromatic rings. The molecule has 3 nitrogen and oxygen atoms in total. The van der Waals surface area contributed by atoms with Crippen LogP contribution in [-0.2, 0) is 11.2 Å². The van der Waals surface area contributed by atoms with Crippen molar-refractivity contribution in [3.63, 3.8) is 0 Å². The molecule has 0 bridgehead atoms. The second-order valence-corrected chi connectivity index (χ2v) is 3.68. The Balaban J connectivity index is 2.60. The summed E-state index contributed by atoms with van der Waals surface area (Å²) in [5.41, 5.74) is 0.661. The fourth-order valence-electron chi connectivity index (χ4n) is 1.45. The zero-order chi connectivity index (χ0) is 11.3. The summed E-state index contributed by atoms with van der Waals surface area (Å²) in [6, 6.07) is 4.26. The van der Waals surface area contributed by atoms with E-state index in [1.54, 1.807) is 0 Å². The molecule has 0 spiro atoms. The molecule has 2 N–H and O–H groups in total. The molecule has 0 fully saturated rings. The van der Waals surface area contributed by atoms with E-state index in [0.29, 0.717) is 12.0 Å². The number of hydrogen-bond acceptors (Lipinski definition) is 3. The Kier molecular flexibility index (Phi) is 4.16. The third-order valence-corrected chi connectivity index (χ3v) is 2.17. The van der Waals surface area contributed by atoms with Crippen molar-refractivity contribution in [3.8, 4) is 11.5 Å². The number of benzene rings is 1. The Hall–Kier alpha value is -1.51. The minimum absolute atomic E-state index is 0.00621. The van der Waals surface area contributed by atoms with E-state index in [0.717, 1.165) is 12.8 Å². The van der Waals surface area contributed by atoms with Crippen LogP contribution in [0.3, 0.4) is 0 Å². The van der Waals surface area contributed by atoms with Gasteiger partial charge in [-0.25, -0.2) is 0 Å². The van der Waals surface area contributed by atoms with Gasteiger partial charge in [0.2, 0.25) is 0 Å². The van der Waals surface area contributed by atoms with Crippen LogP contribution in [0, 0.1) is 0 Å². The maximum atomic E-state index is 11.4. The second kappa shape index (κ2) is 5.39. The molecule has 1 rings (SSSR count). The van der Waals surface area contributed by atoms with Crippen LogP contribution in [-0.4, -0.2) is 16.0 Å². The number of hydrogen-bond donors (Lipinski definition) is 2. The van der Waals surface area contributed by atoms with Gasteiger partial charge in [-0.05, 0) is 24.1 Å². The molecule has 0 aliphatic rings. The van der Waals surface area contributed by atoms with Gasteiger partial charge >= 0.3 is 0 Å². The highest BCUT2D eigenvalue weighted by Crippen LogP contribution is 2.21. The lowest BCUT2D eigenvalue weighted by Gasteiger charge is -2.02. The van der Waals surface area contributed by atoms with Crippen molar-refractivity contribution < 1.29 is 15.0 Å². The van der Waals surface area contributed by atoms with Gasteiger partial charge in [-0.15, -0.1) is 0 Å². The van der Waals surface area contributed by atoms with Crippen LogP contribution in [0.2, 0.25) is 0 Å². The standard InChI is InChI=1S/C12H16O3/c1-2-3-4-10(13)5-9-6-11(14)8-12(15)7-9/h6-8,14-15H,2-5H2,1H3. The first-order valence-corrected chi connectivity index (χ1v) is 5.15. The van der Waals surface area contributed by atoms with Gasteiger partial charge in [-0.3, -0.25) is 4.79 Å². The van der Waals surface area contributed by atoms with Gasteiger partial charge in [0.05, 0.1) is 0 Å². The number of rotatable bonds is 5. The molecular weight excluding hydrogens is 192 g/mol. The van der Waals surface area contributed by atoms with Crippen molar-refractivity contribution in [1.29, 1.82) is 0 Å². The second-order valence-electron chi connectivity index (χ2n) is 3.68. The van der Waals surface area contributed by atoms with Gasteiger partial charge in [0.25, 0.3) is 0 Å². The molecule has 1 aromatic carbocycles. The number of unbranched alkanes of at least 4 members (excludes halogenated alkanes) is 1. The van der Waals surface area contributed by atoms with Crippen molar-refractivity contribution in [3.05, 3.63) is 23.8 Å². The third-order valence-electron chi connectivity index (χ3n) is 2.17. The summed E-state index contributed by atoms with van der Waals surface area (Å²) < 4.78 is 0. The first-order chi connectivity index (χ1) is 7.11. The largest absolute Gasteiger partial charge is 0.508 e. The zero-order valence-electron chi connectivity index (χ0n) is 8.86. The van der Waals surface area contributed by atoms with Crippen LogP contribution in [0.15, 0.2) is 18.2 Å². The summed E-state index contributed by atoms with van der Waals surface area (Å²) in [4.78, 5) is 11.4. The molecule has 0 radical (unpaired) electrons. The van der Waals surface area contributed by atoms with E-state index in [1.165, 1.54) is 18.2 Å². The summed E-state index contributed by atoms with van der Waals surface area (Å²) >= 11 is 0. The average molecular weight is 208 g/mol. The molecule has 0 saturated carbocycles. The third kappa shape index (κ3) is 4.02. The number of phenolic OH excluding ortho intramolecular Hbond substituents is 2. The van der Waals surface area contributed by atoms with Crippen LogP contribution >= 0.6 is 0 Å². The summed E-state index contributed by atoms with van der Waals surface area (Å²) in [5.74, 6) is 0.128. The van der Waals surface area contributed by atoms with E-state index < -0.39 is 0 Å². The van der Waals surface area contributed by atoms with Crippen molar-refractivity contribution in [2.45, 2.75) is 32.6 Å². The number of ketones is 1. The van der Waals surface area contributed by atoms with Gasteiger partial charge in [0, 0.05) is 18.9 Å². The molecule has 0 aromatic heterocycles. The van der Waals surface area contributed by atoms with Crippen molar-refractivity contribution in [1.82, 2.24) is 0 Å². The molecule has 82 valence electrons. The fourth-order valence-corrected chi connectivity index (χ4v) is 1.45. The minimum atomic E-state index is -0.00621. The van der Waals surface area contributed by atoms with Gasteiger partial charge in [-0.1, -0.05) is 13.3 Å². The van der Waals surface area contributed by atoms with Crippen LogP contribution in [0.25, 0.3) is 0 Å². The minimum Gasteiger partial charge on any atom is -0.508 e. The Labute approximate surface area is 89.4 Å². The van der Waals surface area contributed by atoms with E-state index in [9.17, 15) is 15.0 Å². The number of phenols is 2. The summed E-state index contributed by atoms with van der Waals surface area (Å²) in [7, 11) is 0. The molecule has 0 amide bonds. The molecule has 0 atom stereocenters. The monoisotopic (exact) mass is 208 g/mol. The maximum Gasteiger partial charge on any atom is 0.137 e. The molecule has 0 aliphatic carbocycles. The van der Waals surface area contributed by atoms with E-state index in [4.69, 9.17) is 0 Å². The quantitative estimate of drug-likeness (QED) is 0.781. The first kappa shape index (κ1) is 11.6. The van der Waals surface area contributed by atoms with Crippen molar-refractivity contribution in [2.24, 2.45) is 0 Å². The normalized spacial score (nSPS) is 10.2. The fraction of sp³-hybridized carbons (Fsp3) is 0.417. The Morgan fingerprint density at radius 3 is 2.33 bits per heavy atom. The molecule has 0 unspecified atom stereocenters. The predicted octanol–water partition coefficient (Wildman–Crippen LogP) is 2.40. The predicted molar refractivity (Wildman–Crippen MR) is 58.0 cm³/mol. The number of carbonyl (C=O) groups is 1. The zero-order valence-corrected chi connectivity index (χ0v) is 8.86. The highest BCUT2D eigenvalue weighted by molar-refractivity contribution is 5.81. The lowest BCUT2D eigenvalue weighted by atomic mass is 10.0. The van der Waals surface area contributed by atoms with Crippen molar-refractivity contribution in [2.75, 3.05) is 0 Å². The lowest BCUT2D eigenvalue weighted by Crippen LogP contribution is -2.01. The summed E-state index contributed by atoms with van der Waals surface area (Å²) in [6.45, 7) is 2.04. The highest BCUT2D eigenvalue weighted by atomic mass is 16.3. The van der Waals surface area contributed by atoms with Crippen LogP contribution < -0.4 is 0 Å². The smallest absolute Gasteiger partial charge is 0.137 e. The molecule has 0 heterocycles. The van der Waals surface area contributed by atoms with Gasteiger partial charge in [0.15, 0.2) is 0 Å². The van der Waals surface area contributed by atoms with E-state index >= 15 is 0 Å². The highest BCUT2D eigenvalue weighted by Gasteiger charge is 2.05. The number of carbonyl (C=O) groups excluding carboxylic acids is 1. The Morgan fingerprint density at radius 2 is 1.80 bits per heavy atom. The lowest BCUT2D eigenvalue weighted by molar-refractivity contribution is -0.118. The van der Waals surface area contributed by atoms with Gasteiger partial charge in [0.1, 0.15) is 17.3 Å². The molecular formula is C12H16O3. The van der Waals surface area contributed by atoms with Crippen LogP contribution in [0.5, 0.6) is 11.5 Å². The molecule has 15 heavy (non-hydrogen) atoms. The first-order valence-electron chi connectivity index (χ1n) is 5.15. The van der Waals surface area contributed by atoms with E-state index in [-0.39, 0.29) is 23.7 Å². The van der Waals surface area contributed by atoms with Crippen molar-refractivity contribution >= 4 is 5.78 Å². The number of aromatic hydroxyl groups is 2. The average Bonchev–Trinajstić information content (AvgIpc) is 2.13. The SMILES string of the molecule is CCCCC(=O)Cc1cc(O)cc(O)c1. The van der Waals surface area contributed by atoms with Crippen LogP contribution in [0.4, 0.5) is 0 Å². The van der Waals surface area contributed by atoms with Gasteiger partial charge in [-0.2, -0.15) is 0 Å². The van der Waals surface area contributed by atoms with E-state index in [1.807, 2.05) is 6.92 Å². The summed E-state index contributed by atoms with van der Waals surface area (Å²) in [5, 5.41) is 18.4. The Bertz CT molecular complexity index is 324.